The molecule has 2 rings (SSSR count). The Morgan fingerprint density at radius 2 is 2.00 bits per heavy atom. The maximum atomic E-state index is 11.2. The molecule has 0 spiro atoms. The number of nitrogen functional groups attached to an aromatic ring is 1. The van der Waals surface area contributed by atoms with Gasteiger partial charge in [-0.1, -0.05) is 23.2 Å². The van der Waals surface area contributed by atoms with Gasteiger partial charge in [-0.25, -0.2) is 4.98 Å². The normalized spacial score (nSPS) is 10.4. The molecule has 6 heteroatoms. The molecule has 2 aromatic rings. The van der Waals surface area contributed by atoms with Gasteiger partial charge in [0.15, 0.2) is 0 Å². The number of nitrogens with zero attached hydrogens (tertiary/aromatic N) is 1. The molecule has 0 saturated heterocycles. The van der Waals surface area contributed by atoms with Gasteiger partial charge < -0.3 is 5.73 Å². The molecule has 82 valence electrons. The number of hydrogen-bond donors (Lipinski definition) is 2. The molecule has 0 saturated carbocycles. The number of anilines is 1. The summed E-state index contributed by atoms with van der Waals surface area (Å²) in [5.41, 5.74) is 6.08. The molecule has 0 aliphatic carbocycles. The summed E-state index contributed by atoms with van der Waals surface area (Å²) in [6, 6.07) is 6.24. The van der Waals surface area contributed by atoms with Crippen molar-refractivity contribution in [3.63, 3.8) is 0 Å². The maximum absolute atomic E-state index is 11.2. The Labute approximate surface area is 101 Å². The standard InChI is InChI=1S/C10H7Cl2N3O/c11-5-1-2-7(12)6(3-5)8-4-9(16)15-10(13)14-8/h1-4H,(H3,13,14,15,16). The Bertz CT molecular complexity index is 595. The largest absolute Gasteiger partial charge is 0.369 e. The number of aromatic nitrogens is 2. The number of halogens is 2. The molecule has 0 aliphatic rings. The monoisotopic (exact) mass is 255 g/mol. The molecular weight excluding hydrogens is 249 g/mol. The number of H-pyrrole nitrogens is 1. The van der Waals surface area contributed by atoms with E-state index in [1.807, 2.05) is 0 Å². The zero-order valence-electron chi connectivity index (χ0n) is 8.00. The summed E-state index contributed by atoms with van der Waals surface area (Å²) in [5, 5.41) is 0.974. The Morgan fingerprint density at radius 1 is 1.25 bits per heavy atom. The Kier molecular flexibility index (Phi) is 2.85. The predicted octanol–water partition coefficient (Wildman–Crippen LogP) is 2.33. The second kappa shape index (κ2) is 4.15. The molecule has 1 aromatic heterocycles. The highest BCUT2D eigenvalue weighted by Crippen LogP contribution is 2.28. The summed E-state index contributed by atoms with van der Waals surface area (Å²) in [6.07, 6.45) is 0. The number of hydrogen-bond acceptors (Lipinski definition) is 3. The van der Waals surface area contributed by atoms with Gasteiger partial charge in [-0.2, -0.15) is 0 Å². The molecule has 0 amide bonds. The first-order valence-corrected chi connectivity index (χ1v) is 5.14. The van der Waals surface area contributed by atoms with Gasteiger partial charge >= 0.3 is 0 Å². The second-order valence-electron chi connectivity index (χ2n) is 3.14. The van der Waals surface area contributed by atoms with Gasteiger partial charge in [0.2, 0.25) is 5.95 Å². The third-order valence-electron chi connectivity index (χ3n) is 1.96. The lowest BCUT2D eigenvalue weighted by molar-refractivity contribution is 1.14. The van der Waals surface area contributed by atoms with E-state index in [0.717, 1.165) is 0 Å². The second-order valence-corrected chi connectivity index (χ2v) is 3.98. The number of nitrogens with two attached hydrogens (primary N) is 1. The summed E-state index contributed by atoms with van der Waals surface area (Å²) in [5.74, 6) is 0.0403. The molecule has 0 unspecified atom stereocenters. The number of aromatic amines is 1. The van der Waals surface area contributed by atoms with Crippen molar-refractivity contribution in [2.45, 2.75) is 0 Å². The van der Waals surface area contributed by atoms with Crippen molar-refractivity contribution >= 4 is 29.2 Å². The first-order chi connectivity index (χ1) is 7.56. The van der Waals surface area contributed by atoms with Gasteiger partial charge in [0.25, 0.3) is 5.56 Å². The predicted molar refractivity (Wildman–Crippen MR) is 64.7 cm³/mol. The van der Waals surface area contributed by atoms with Gasteiger partial charge in [-0.3, -0.25) is 9.78 Å². The van der Waals surface area contributed by atoms with Crippen LogP contribution >= 0.6 is 23.2 Å². The van der Waals surface area contributed by atoms with Crippen molar-refractivity contribution in [1.82, 2.24) is 9.97 Å². The van der Waals surface area contributed by atoms with Crippen LogP contribution in [0.15, 0.2) is 29.1 Å². The van der Waals surface area contributed by atoms with Crippen LogP contribution in [0.25, 0.3) is 11.3 Å². The van der Waals surface area contributed by atoms with E-state index in [4.69, 9.17) is 28.9 Å². The molecule has 1 heterocycles. The number of nitrogens with one attached hydrogen (secondary N) is 1. The van der Waals surface area contributed by atoms with Crippen LogP contribution < -0.4 is 11.3 Å². The Balaban J connectivity index is 2.66. The SMILES string of the molecule is Nc1nc(-c2cc(Cl)ccc2Cl)cc(=O)[nH]1. The Morgan fingerprint density at radius 3 is 2.69 bits per heavy atom. The van der Waals surface area contributed by atoms with Gasteiger partial charge in [0.1, 0.15) is 0 Å². The van der Waals surface area contributed by atoms with Crippen LogP contribution in [-0.2, 0) is 0 Å². The lowest BCUT2D eigenvalue weighted by Gasteiger charge is -2.04. The van der Waals surface area contributed by atoms with Crippen molar-refractivity contribution in [3.05, 3.63) is 44.7 Å². The minimum absolute atomic E-state index is 0.0403. The van der Waals surface area contributed by atoms with E-state index in [9.17, 15) is 4.79 Å². The van der Waals surface area contributed by atoms with E-state index < -0.39 is 0 Å². The fourth-order valence-corrected chi connectivity index (χ4v) is 1.69. The summed E-state index contributed by atoms with van der Waals surface area (Å²) < 4.78 is 0. The first-order valence-electron chi connectivity index (χ1n) is 4.38. The molecular formula is C10H7Cl2N3O. The molecule has 1 aromatic carbocycles. The molecule has 0 atom stereocenters. The van der Waals surface area contributed by atoms with Crippen molar-refractivity contribution in [2.75, 3.05) is 5.73 Å². The van der Waals surface area contributed by atoms with Gasteiger partial charge in [0.05, 0.1) is 10.7 Å². The van der Waals surface area contributed by atoms with Crippen LogP contribution in [0.5, 0.6) is 0 Å². The van der Waals surface area contributed by atoms with E-state index in [-0.39, 0.29) is 11.5 Å². The smallest absolute Gasteiger partial charge is 0.252 e. The number of rotatable bonds is 1. The fourth-order valence-electron chi connectivity index (χ4n) is 1.31. The zero-order valence-corrected chi connectivity index (χ0v) is 9.51. The van der Waals surface area contributed by atoms with Crippen molar-refractivity contribution < 1.29 is 0 Å². The van der Waals surface area contributed by atoms with E-state index in [2.05, 4.69) is 9.97 Å². The van der Waals surface area contributed by atoms with Crippen molar-refractivity contribution in [3.8, 4) is 11.3 Å². The summed E-state index contributed by atoms with van der Waals surface area (Å²) in [6.45, 7) is 0. The van der Waals surface area contributed by atoms with Crippen LogP contribution in [0, 0.1) is 0 Å². The van der Waals surface area contributed by atoms with Gasteiger partial charge in [0, 0.05) is 16.7 Å². The lowest BCUT2D eigenvalue weighted by Crippen LogP contribution is -2.10. The maximum Gasteiger partial charge on any atom is 0.252 e. The minimum atomic E-state index is -0.335. The van der Waals surface area contributed by atoms with E-state index in [0.29, 0.717) is 21.3 Å². The highest BCUT2D eigenvalue weighted by atomic mass is 35.5. The van der Waals surface area contributed by atoms with Gasteiger partial charge in [-0.15, -0.1) is 0 Å². The highest BCUT2D eigenvalue weighted by molar-refractivity contribution is 6.35. The van der Waals surface area contributed by atoms with Crippen molar-refractivity contribution in [2.24, 2.45) is 0 Å². The third-order valence-corrected chi connectivity index (χ3v) is 2.53. The molecule has 0 radical (unpaired) electrons. The molecule has 16 heavy (non-hydrogen) atoms. The first kappa shape index (κ1) is 11.0. The molecule has 4 nitrogen and oxygen atoms in total. The third kappa shape index (κ3) is 2.18. The minimum Gasteiger partial charge on any atom is -0.369 e. The van der Waals surface area contributed by atoms with Gasteiger partial charge in [-0.05, 0) is 18.2 Å². The quantitative estimate of drug-likeness (QED) is 0.822. The average molecular weight is 256 g/mol. The molecule has 0 bridgehead atoms. The fraction of sp³-hybridized carbons (Fsp3) is 0. The highest BCUT2D eigenvalue weighted by Gasteiger charge is 2.07. The van der Waals surface area contributed by atoms with Crippen LogP contribution in [0.1, 0.15) is 0 Å². The van der Waals surface area contributed by atoms with Crippen molar-refractivity contribution in [1.29, 1.82) is 0 Å². The Hall–Kier alpha value is -1.52. The topological polar surface area (TPSA) is 71.8 Å². The van der Waals surface area contributed by atoms with Crippen LogP contribution in [-0.4, -0.2) is 9.97 Å². The average Bonchev–Trinajstić information content (AvgIpc) is 2.20. The number of benzene rings is 1. The van der Waals surface area contributed by atoms with E-state index in [1.54, 1.807) is 18.2 Å². The van der Waals surface area contributed by atoms with E-state index in [1.165, 1.54) is 6.07 Å². The van der Waals surface area contributed by atoms with Crippen LogP contribution in [0.2, 0.25) is 10.0 Å². The molecule has 0 fully saturated rings. The zero-order chi connectivity index (χ0) is 11.7. The molecule has 0 aliphatic heterocycles. The lowest BCUT2D eigenvalue weighted by atomic mass is 10.1. The van der Waals surface area contributed by atoms with Crippen LogP contribution in [0.4, 0.5) is 5.95 Å². The van der Waals surface area contributed by atoms with Crippen LogP contribution in [0.3, 0.4) is 0 Å². The summed E-state index contributed by atoms with van der Waals surface area (Å²) in [7, 11) is 0. The summed E-state index contributed by atoms with van der Waals surface area (Å²) >= 11 is 11.8. The summed E-state index contributed by atoms with van der Waals surface area (Å²) in [4.78, 5) is 17.6. The molecule has 3 N–H and O–H groups in total. The van der Waals surface area contributed by atoms with E-state index >= 15 is 0 Å².